The summed E-state index contributed by atoms with van der Waals surface area (Å²) in [6.07, 6.45) is 7.64. The normalized spacial score (nSPS) is 16.4. The molecule has 0 bridgehead atoms. The first-order valence-corrected chi connectivity index (χ1v) is 9.78. The summed E-state index contributed by atoms with van der Waals surface area (Å²) in [5.74, 6) is 1.92. The van der Waals surface area contributed by atoms with Crippen LogP contribution in [0.2, 0.25) is 0 Å². The lowest BCUT2D eigenvalue weighted by Gasteiger charge is -2.23. The molecule has 1 atom stereocenters. The lowest BCUT2D eigenvalue weighted by atomic mass is 9.96. The van der Waals surface area contributed by atoms with Gasteiger partial charge in [-0.2, -0.15) is 4.98 Å². The summed E-state index contributed by atoms with van der Waals surface area (Å²) < 4.78 is 5.21. The summed E-state index contributed by atoms with van der Waals surface area (Å²) >= 11 is 1.73. The number of aromatic nitrogens is 2. The lowest BCUT2D eigenvalue weighted by molar-refractivity contribution is -0.122. The highest BCUT2D eigenvalue weighted by Crippen LogP contribution is 2.37. The fourth-order valence-electron chi connectivity index (χ4n) is 3.36. The summed E-state index contributed by atoms with van der Waals surface area (Å²) in [6.45, 7) is 2.08. The van der Waals surface area contributed by atoms with Crippen molar-refractivity contribution in [3.05, 3.63) is 34.1 Å². The zero-order valence-corrected chi connectivity index (χ0v) is 15.0. The Labute approximate surface area is 146 Å². The molecular formula is C18H25N3O2S. The van der Waals surface area contributed by atoms with Gasteiger partial charge in [0, 0.05) is 24.1 Å². The number of carbonyl (C=O) groups excluding carboxylic acids is 1. The minimum absolute atomic E-state index is 0.0653. The van der Waals surface area contributed by atoms with E-state index in [2.05, 4.69) is 39.9 Å². The molecule has 0 spiro atoms. The fourth-order valence-corrected chi connectivity index (χ4v) is 4.23. The minimum Gasteiger partial charge on any atom is -0.348 e. The largest absolute Gasteiger partial charge is 0.348 e. The first-order chi connectivity index (χ1) is 11.8. The second kappa shape index (κ2) is 8.42. The standard InChI is InChI=1S/C18H25N3O2S/c1-2-6-15-19-17(23-21-15)11-10-16(22)20-18(13-7-3-4-8-13)14-9-5-12-24-14/h5,9,12-13,18H,2-4,6-8,10-11H2,1H3,(H,20,22). The zero-order chi connectivity index (χ0) is 16.8. The van der Waals surface area contributed by atoms with Crippen LogP contribution in [0.4, 0.5) is 0 Å². The number of amides is 1. The molecule has 5 nitrogen and oxygen atoms in total. The number of thiophene rings is 1. The highest BCUT2D eigenvalue weighted by molar-refractivity contribution is 7.10. The summed E-state index contributed by atoms with van der Waals surface area (Å²) in [6, 6.07) is 4.34. The molecule has 1 saturated carbocycles. The van der Waals surface area contributed by atoms with Gasteiger partial charge >= 0.3 is 0 Å². The Hall–Kier alpha value is -1.69. The van der Waals surface area contributed by atoms with E-state index in [-0.39, 0.29) is 11.9 Å². The van der Waals surface area contributed by atoms with Gasteiger partial charge in [-0.3, -0.25) is 4.79 Å². The predicted molar refractivity (Wildman–Crippen MR) is 93.8 cm³/mol. The van der Waals surface area contributed by atoms with Crippen LogP contribution in [0, 0.1) is 5.92 Å². The van der Waals surface area contributed by atoms with Gasteiger partial charge in [-0.1, -0.05) is 31.0 Å². The third kappa shape index (κ3) is 4.44. The van der Waals surface area contributed by atoms with Crippen molar-refractivity contribution in [2.45, 2.75) is 64.3 Å². The van der Waals surface area contributed by atoms with Crippen molar-refractivity contribution in [2.75, 3.05) is 0 Å². The molecule has 3 rings (SSSR count). The highest BCUT2D eigenvalue weighted by Gasteiger charge is 2.28. The van der Waals surface area contributed by atoms with E-state index in [0.717, 1.165) is 18.7 Å². The summed E-state index contributed by atoms with van der Waals surface area (Å²) in [5, 5.41) is 9.26. The quantitative estimate of drug-likeness (QED) is 0.782. The third-order valence-electron chi connectivity index (χ3n) is 4.59. The van der Waals surface area contributed by atoms with E-state index in [4.69, 9.17) is 4.52 Å². The Kier molecular flexibility index (Phi) is 6.01. The zero-order valence-electron chi connectivity index (χ0n) is 14.2. The fraction of sp³-hybridized carbons (Fsp3) is 0.611. The lowest BCUT2D eigenvalue weighted by Crippen LogP contribution is -2.32. The molecule has 1 amide bonds. The van der Waals surface area contributed by atoms with Gasteiger partial charge < -0.3 is 9.84 Å². The molecule has 24 heavy (non-hydrogen) atoms. The number of nitrogens with zero attached hydrogens (tertiary/aromatic N) is 2. The first-order valence-electron chi connectivity index (χ1n) is 8.90. The van der Waals surface area contributed by atoms with E-state index in [1.54, 1.807) is 11.3 Å². The predicted octanol–water partition coefficient (Wildman–Crippen LogP) is 4.06. The molecule has 2 aromatic rings. The van der Waals surface area contributed by atoms with Crippen LogP contribution in [0.1, 0.15) is 68.1 Å². The Balaban J connectivity index is 1.55. The number of rotatable bonds is 8. The number of aryl methyl sites for hydroxylation is 2. The van der Waals surface area contributed by atoms with Crippen molar-refractivity contribution < 1.29 is 9.32 Å². The Morgan fingerprint density at radius 2 is 2.25 bits per heavy atom. The van der Waals surface area contributed by atoms with Gasteiger partial charge in [0.05, 0.1) is 6.04 Å². The van der Waals surface area contributed by atoms with Crippen molar-refractivity contribution >= 4 is 17.2 Å². The second-order valence-corrected chi connectivity index (χ2v) is 7.44. The number of hydrogen-bond donors (Lipinski definition) is 1. The van der Waals surface area contributed by atoms with Gasteiger partial charge in [0.1, 0.15) is 0 Å². The van der Waals surface area contributed by atoms with E-state index in [0.29, 0.717) is 24.7 Å². The molecule has 0 aliphatic heterocycles. The van der Waals surface area contributed by atoms with Crippen molar-refractivity contribution in [1.29, 1.82) is 0 Å². The van der Waals surface area contributed by atoms with E-state index in [9.17, 15) is 4.79 Å². The van der Waals surface area contributed by atoms with Crippen LogP contribution in [0.3, 0.4) is 0 Å². The Morgan fingerprint density at radius 3 is 2.96 bits per heavy atom. The second-order valence-electron chi connectivity index (χ2n) is 6.46. The van der Waals surface area contributed by atoms with Gasteiger partial charge in [0.2, 0.25) is 11.8 Å². The van der Waals surface area contributed by atoms with Crippen molar-refractivity contribution in [1.82, 2.24) is 15.5 Å². The molecule has 1 aliphatic carbocycles. The third-order valence-corrected chi connectivity index (χ3v) is 5.54. The maximum Gasteiger partial charge on any atom is 0.227 e. The van der Waals surface area contributed by atoms with E-state index >= 15 is 0 Å². The Morgan fingerprint density at radius 1 is 1.42 bits per heavy atom. The molecular weight excluding hydrogens is 322 g/mol. The number of nitrogens with one attached hydrogen (secondary N) is 1. The van der Waals surface area contributed by atoms with Crippen molar-refractivity contribution in [3.63, 3.8) is 0 Å². The Bertz CT molecular complexity index is 632. The smallest absolute Gasteiger partial charge is 0.227 e. The van der Waals surface area contributed by atoms with Crippen LogP contribution in [0.25, 0.3) is 0 Å². The average molecular weight is 347 g/mol. The van der Waals surface area contributed by atoms with E-state index in [1.165, 1.54) is 30.6 Å². The summed E-state index contributed by atoms with van der Waals surface area (Å²) in [4.78, 5) is 18.0. The molecule has 0 saturated heterocycles. The molecule has 1 unspecified atom stereocenters. The molecule has 1 N–H and O–H groups in total. The van der Waals surface area contributed by atoms with Crippen LogP contribution in [0.5, 0.6) is 0 Å². The first kappa shape index (κ1) is 17.1. The van der Waals surface area contributed by atoms with Gasteiger partial charge in [0.15, 0.2) is 5.82 Å². The SMILES string of the molecule is CCCc1noc(CCC(=O)NC(c2cccs2)C2CCCC2)n1. The van der Waals surface area contributed by atoms with Crippen LogP contribution >= 0.6 is 11.3 Å². The maximum absolute atomic E-state index is 12.4. The van der Waals surface area contributed by atoms with E-state index in [1.807, 2.05) is 0 Å². The van der Waals surface area contributed by atoms with Gasteiger partial charge in [-0.15, -0.1) is 11.3 Å². The van der Waals surface area contributed by atoms with Crippen molar-refractivity contribution in [2.24, 2.45) is 5.92 Å². The van der Waals surface area contributed by atoms with E-state index < -0.39 is 0 Å². The average Bonchev–Trinajstić information content (AvgIpc) is 3.32. The van der Waals surface area contributed by atoms with Crippen LogP contribution in [-0.4, -0.2) is 16.0 Å². The molecule has 1 fully saturated rings. The molecule has 130 valence electrons. The maximum atomic E-state index is 12.4. The monoisotopic (exact) mass is 347 g/mol. The molecule has 2 heterocycles. The topological polar surface area (TPSA) is 68.0 Å². The summed E-state index contributed by atoms with van der Waals surface area (Å²) in [7, 11) is 0. The minimum atomic E-state index is 0.0653. The van der Waals surface area contributed by atoms with Crippen LogP contribution < -0.4 is 5.32 Å². The summed E-state index contributed by atoms with van der Waals surface area (Å²) in [5.41, 5.74) is 0. The molecule has 0 radical (unpaired) electrons. The van der Waals surface area contributed by atoms with Gasteiger partial charge in [-0.05, 0) is 36.6 Å². The number of carbonyl (C=O) groups is 1. The van der Waals surface area contributed by atoms with Crippen LogP contribution in [-0.2, 0) is 17.6 Å². The number of hydrogen-bond acceptors (Lipinski definition) is 5. The van der Waals surface area contributed by atoms with Gasteiger partial charge in [0.25, 0.3) is 0 Å². The molecule has 2 aromatic heterocycles. The highest BCUT2D eigenvalue weighted by atomic mass is 32.1. The van der Waals surface area contributed by atoms with Crippen molar-refractivity contribution in [3.8, 4) is 0 Å². The van der Waals surface area contributed by atoms with Crippen LogP contribution in [0.15, 0.2) is 22.0 Å². The molecule has 6 heteroatoms. The van der Waals surface area contributed by atoms with Gasteiger partial charge in [-0.25, -0.2) is 0 Å². The molecule has 1 aliphatic rings. The molecule has 0 aromatic carbocycles.